The van der Waals surface area contributed by atoms with Crippen LogP contribution in [-0.4, -0.2) is 53.0 Å². The third-order valence-corrected chi connectivity index (χ3v) is 4.08. The van der Waals surface area contributed by atoms with Crippen LogP contribution in [-0.2, 0) is 4.74 Å². The molecule has 1 spiro atoms. The highest BCUT2D eigenvalue weighted by molar-refractivity contribution is 5.68. The van der Waals surface area contributed by atoms with Crippen LogP contribution in [0.1, 0.15) is 46.5 Å². The maximum absolute atomic E-state index is 12.0. The van der Waals surface area contributed by atoms with Crippen molar-refractivity contribution in [2.24, 2.45) is 0 Å². The molecule has 19 heavy (non-hydrogen) atoms. The summed E-state index contributed by atoms with van der Waals surface area (Å²) in [6.07, 6.45) is 2.95. The Morgan fingerprint density at radius 3 is 2.53 bits per heavy atom. The summed E-state index contributed by atoms with van der Waals surface area (Å²) in [7, 11) is 0. The number of amides is 1. The molecule has 2 heterocycles. The van der Waals surface area contributed by atoms with E-state index in [1.165, 1.54) is 0 Å². The largest absolute Gasteiger partial charge is 0.444 e. The predicted molar refractivity (Wildman–Crippen MR) is 73.0 cm³/mol. The summed E-state index contributed by atoms with van der Waals surface area (Å²) in [5, 5.41) is 13.7. The fraction of sp³-hybridized carbons (Fsp3) is 0.929. The first kappa shape index (κ1) is 14.6. The van der Waals surface area contributed by atoms with Crippen LogP contribution >= 0.6 is 0 Å². The third kappa shape index (κ3) is 3.39. The standard InChI is InChI=1S/C14H26N2O3/c1-13(2,3)19-12(18)16-9-6-14(7-10-16)11(17)5-4-8-15-14/h11,15,17H,4-10H2,1-3H3. The summed E-state index contributed by atoms with van der Waals surface area (Å²) in [4.78, 5) is 13.7. The highest BCUT2D eigenvalue weighted by Crippen LogP contribution is 2.31. The van der Waals surface area contributed by atoms with E-state index in [4.69, 9.17) is 4.74 Å². The van der Waals surface area contributed by atoms with Crippen molar-refractivity contribution in [2.45, 2.75) is 63.7 Å². The highest BCUT2D eigenvalue weighted by Gasteiger charge is 2.43. The molecule has 1 atom stereocenters. The van der Waals surface area contributed by atoms with Gasteiger partial charge in [-0.1, -0.05) is 0 Å². The Morgan fingerprint density at radius 2 is 2.00 bits per heavy atom. The van der Waals surface area contributed by atoms with Gasteiger partial charge in [0.15, 0.2) is 0 Å². The van der Waals surface area contributed by atoms with Crippen molar-refractivity contribution in [3.8, 4) is 0 Å². The monoisotopic (exact) mass is 270 g/mol. The molecule has 0 bridgehead atoms. The predicted octanol–water partition coefficient (Wildman–Crippen LogP) is 1.50. The van der Waals surface area contributed by atoms with Crippen LogP contribution in [0.4, 0.5) is 4.79 Å². The van der Waals surface area contributed by atoms with Gasteiger partial charge in [-0.05, 0) is 53.0 Å². The van der Waals surface area contributed by atoms with Crippen molar-refractivity contribution in [3.63, 3.8) is 0 Å². The molecule has 2 N–H and O–H groups in total. The summed E-state index contributed by atoms with van der Waals surface area (Å²) < 4.78 is 5.38. The van der Waals surface area contributed by atoms with Crippen LogP contribution in [0.15, 0.2) is 0 Å². The number of hydrogen-bond donors (Lipinski definition) is 2. The fourth-order valence-corrected chi connectivity index (χ4v) is 2.95. The number of rotatable bonds is 0. The second-order valence-corrected chi connectivity index (χ2v) is 6.71. The fourth-order valence-electron chi connectivity index (χ4n) is 2.95. The Balaban J connectivity index is 1.90. The number of carbonyl (C=O) groups excluding carboxylic acids is 1. The molecule has 0 saturated carbocycles. The van der Waals surface area contributed by atoms with Crippen molar-refractivity contribution < 1.29 is 14.6 Å². The highest BCUT2D eigenvalue weighted by atomic mass is 16.6. The van der Waals surface area contributed by atoms with E-state index in [2.05, 4.69) is 5.32 Å². The van der Waals surface area contributed by atoms with Gasteiger partial charge in [0.25, 0.3) is 0 Å². The Bertz CT molecular complexity index is 330. The lowest BCUT2D eigenvalue weighted by Gasteiger charge is -2.47. The van der Waals surface area contributed by atoms with E-state index in [1.807, 2.05) is 20.8 Å². The van der Waals surface area contributed by atoms with Gasteiger partial charge in [0.05, 0.1) is 6.10 Å². The van der Waals surface area contributed by atoms with Gasteiger partial charge in [0.1, 0.15) is 5.60 Å². The average Bonchev–Trinajstić information content (AvgIpc) is 2.32. The number of likely N-dealkylation sites (tertiary alicyclic amines) is 1. The van der Waals surface area contributed by atoms with Gasteiger partial charge in [-0.3, -0.25) is 0 Å². The van der Waals surface area contributed by atoms with Crippen LogP contribution in [0, 0.1) is 0 Å². The van der Waals surface area contributed by atoms with E-state index in [0.29, 0.717) is 13.1 Å². The van der Waals surface area contributed by atoms with E-state index in [1.54, 1.807) is 4.90 Å². The van der Waals surface area contributed by atoms with Crippen LogP contribution in [0.5, 0.6) is 0 Å². The molecule has 2 aliphatic rings. The van der Waals surface area contributed by atoms with Gasteiger partial charge in [0, 0.05) is 18.6 Å². The summed E-state index contributed by atoms with van der Waals surface area (Å²) in [5.74, 6) is 0. The molecule has 110 valence electrons. The zero-order valence-corrected chi connectivity index (χ0v) is 12.2. The molecule has 0 aromatic rings. The first-order chi connectivity index (χ1) is 8.82. The minimum Gasteiger partial charge on any atom is -0.444 e. The van der Waals surface area contributed by atoms with Gasteiger partial charge >= 0.3 is 6.09 Å². The summed E-state index contributed by atoms with van der Waals surface area (Å²) in [6, 6.07) is 0. The SMILES string of the molecule is CC(C)(C)OC(=O)N1CCC2(CC1)NCCCC2O. The molecule has 2 fully saturated rings. The number of nitrogens with zero attached hydrogens (tertiary/aromatic N) is 1. The number of piperidine rings is 2. The lowest BCUT2D eigenvalue weighted by molar-refractivity contribution is -0.0221. The van der Waals surface area contributed by atoms with E-state index < -0.39 is 5.60 Å². The smallest absolute Gasteiger partial charge is 0.410 e. The molecule has 5 heteroatoms. The van der Waals surface area contributed by atoms with E-state index in [-0.39, 0.29) is 17.7 Å². The maximum Gasteiger partial charge on any atom is 0.410 e. The minimum absolute atomic E-state index is 0.184. The molecule has 1 amide bonds. The summed E-state index contributed by atoms with van der Waals surface area (Å²) in [5.41, 5.74) is -0.633. The first-order valence-electron chi connectivity index (χ1n) is 7.23. The molecule has 2 rings (SSSR count). The van der Waals surface area contributed by atoms with Crippen molar-refractivity contribution in [3.05, 3.63) is 0 Å². The second kappa shape index (κ2) is 5.29. The van der Waals surface area contributed by atoms with Gasteiger partial charge in [-0.25, -0.2) is 4.79 Å². The molecule has 0 aromatic heterocycles. The van der Waals surface area contributed by atoms with Gasteiger partial charge < -0.3 is 20.1 Å². The maximum atomic E-state index is 12.0. The van der Waals surface area contributed by atoms with Gasteiger partial charge in [-0.15, -0.1) is 0 Å². The number of aliphatic hydroxyl groups is 1. The zero-order valence-electron chi connectivity index (χ0n) is 12.2. The van der Waals surface area contributed by atoms with Crippen molar-refractivity contribution in [1.29, 1.82) is 0 Å². The topological polar surface area (TPSA) is 61.8 Å². The number of nitrogens with one attached hydrogen (secondary N) is 1. The number of ether oxygens (including phenoxy) is 1. The number of aliphatic hydroxyl groups excluding tert-OH is 1. The molecule has 2 aliphatic heterocycles. The van der Waals surface area contributed by atoms with E-state index in [9.17, 15) is 9.90 Å². The minimum atomic E-state index is -0.450. The lowest BCUT2D eigenvalue weighted by Crippen LogP contribution is -2.63. The van der Waals surface area contributed by atoms with Crippen LogP contribution < -0.4 is 5.32 Å². The average molecular weight is 270 g/mol. The summed E-state index contributed by atoms with van der Waals surface area (Å²) in [6.45, 7) is 7.90. The Kier molecular flexibility index (Phi) is 4.06. The molecular weight excluding hydrogens is 244 g/mol. The number of hydrogen-bond acceptors (Lipinski definition) is 4. The van der Waals surface area contributed by atoms with Crippen LogP contribution in [0.25, 0.3) is 0 Å². The molecule has 5 nitrogen and oxygen atoms in total. The van der Waals surface area contributed by atoms with E-state index >= 15 is 0 Å². The third-order valence-electron chi connectivity index (χ3n) is 4.08. The first-order valence-corrected chi connectivity index (χ1v) is 7.23. The van der Waals surface area contributed by atoms with Gasteiger partial charge in [-0.2, -0.15) is 0 Å². The normalized spacial score (nSPS) is 27.4. The Labute approximate surface area is 115 Å². The molecule has 2 saturated heterocycles. The molecular formula is C14H26N2O3. The van der Waals surface area contributed by atoms with Crippen molar-refractivity contribution >= 4 is 6.09 Å². The molecule has 0 radical (unpaired) electrons. The molecule has 0 aliphatic carbocycles. The summed E-state index contributed by atoms with van der Waals surface area (Å²) >= 11 is 0. The molecule has 1 unspecified atom stereocenters. The van der Waals surface area contributed by atoms with Gasteiger partial charge in [0.2, 0.25) is 0 Å². The Morgan fingerprint density at radius 1 is 1.37 bits per heavy atom. The number of carbonyl (C=O) groups is 1. The molecule has 0 aromatic carbocycles. The van der Waals surface area contributed by atoms with Crippen molar-refractivity contribution in [2.75, 3.05) is 19.6 Å². The quantitative estimate of drug-likeness (QED) is 0.700. The zero-order chi connectivity index (χ0) is 14.1. The van der Waals surface area contributed by atoms with Crippen LogP contribution in [0.3, 0.4) is 0 Å². The van der Waals surface area contributed by atoms with Crippen molar-refractivity contribution in [1.82, 2.24) is 10.2 Å². The Hall–Kier alpha value is -0.810. The lowest BCUT2D eigenvalue weighted by atomic mass is 9.78. The second-order valence-electron chi connectivity index (χ2n) is 6.71. The van der Waals surface area contributed by atoms with Crippen LogP contribution in [0.2, 0.25) is 0 Å². The van der Waals surface area contributed by atoms with E-state index in [0.717, 1.165) is 32.2 Å².